The van der Waals surface area contributed by atoms with Crippen LogP contribution in [-0.2, 0) is 24.0 Å². The van der Waals surface area contributed by atoms with Gasteiger partial charge in [-0.25, -0.2) is 4.79 Å². The molecule has 0 radical (unpaired) electrons. The second-order valence-electron chi connectivity index (χ2n) is 7.59. The highest BCUT2D eigenvalue weighted by Crippen LogP contribution is 2.05. The van der Waals surface area contributed by atoms with Crippen LogP contribution in [0.3, 0.4) is 0 Å². The summed E-state index contributed by atoms with van der Waals surface area (Å²) in [4.78, 5) is 63.0. The lowest BCUT2D eigenvalue weighted by Crippen LogP contribution is -2.57. The molecule has 182 valence electrons. The number of nitrogens with one attached hydrogen (secondary N) is 3. The van der Waals surface area contributed by atoms with Crippen molar-refractivity contribution in [1.82, 2.24) is 16.0 Å². The van der Waals surface area contributed by atoms with Crippen LogP contribution in [0.25, 0.3) is 0 Å². The van der Waals surface area contributed by atoms with Crippen LogP contribution in [0.15, 0.2) is 4.99 Å². The lowest BCUT2D eigenvalue weighted by molar-refractivity contribution is -0.143. The second kappa shape index (κ2) is 13.8. The summed E-state index contributed by atoms with van der Waals surface area (Å²) in [7, 11) is 0. The average molecular weight is 459 g/mol. The minimum Gasteiger partial charge on any atom is -0.480 e. The molecule has 0 saturated carbocycles. The Labute approximate surface area is 185 Å². The van der Waals surface area contributed by atoms with Crippen LogP contribution in [0, 0.1) is 5.92 Å². The molecule has 4 atom stereocenters. The molecule has 0 spiro atoms. The van der Waals surface area contributed by atoms with E-state index in [-0.39, 0.29) is 18.3 Å². The summed E-state index contributed by atoms with van der Waals surface area (Å²) >= 11 is 0. The van der Waals surface area contributed by atoms with E-state index in [9.17, 15) is 24.0 Å². The average Bonchev–Trinajstić information content (AvgIpc) is 2.67. The van der Waals surface area contributed by atoms with Gasteiger partial charge in [-0.15, -0.1) is 0 Å². The molecule has 4 amide bonds. The van der Waals surface area contributed by atoms with E-state index in [1.165, 1.54) is 6.92 Å². The van der Waals surface area contributed by atoms with E-state index < -0.39 is 60.2 Å². The Kier molecular flexibility index (Phi) is 12.3. The summed E-state index contributed by atoms with van der Waals surface area (Å²) in [5, 5.41) is 16.1. The van der Waals surface area contributed by atoms with Crippen LogP contribution >= 0.6 is 0 Å². The van der Waals surface area contributed by atoms with Gasteiger partial charge in [0, 0.05) is 6.54 Å². The number of hydrogen-bond acceptors (Lipinski definition) is 7. The number of hydrogen-bond donors (Lipinski definition) is 8. The van der Waals surface area contributed by atoms with Crippen LogP contribution in [0.1, 0.15) is 40.0 Å². The van der Waals surface area contributed by atoms with Gasteiger partial charge in [0.05, 0.1) is 12.5 Å². The van der Waals surface area contributed by atoms with Crippen LogP contribution in [-0.4, -0.2) is 71.4 Å². The molecule has 14 heteroatoms. The molecule has 4 unspecified atom stereocenters. The molecule has 0 saturated heterocycles. The predicted octanol–water partition coefficient (Wildman–Crippen LogP) is -3.54. The summed E-state index contributed by atoms with van der Waals surface area (Å²) in [5.74, 6) is -4.83. The van der Waals surface area contributed by atoms with Crippen molar-refractivity contribution in [3.63, 3.8) is 0 Å². The van der Waals surface area contributed by atoms with Crippen molar-refractivity contribution < 1.29 is 29.1 Å². The SMILES string of the molecule is CC(NC(=O)C(NC(=O)C(N)CCCN=C(N)N)C(C)C)C(=O)NC(CC(N)=O)C(=O)O. The highest BCUT2D eigenvalue weighted by molar-refractivity contribution is 5.94. The zero-order chi connectivity index (χ0) is 25.0. The van der Waals surface area contributed by atoms with Crippen molar-refractivity contribution >= 4 is 35.6 Å². The van der Waals surface area contributed by atoms with Crippen LogP contribution in [0.2, 0.25) is 0 Å². The minimum atomic E-state index is -1.53. The van der Waals surface area contributed by atoms with Gasteiger partial charge in [0.2, 0.25) is 23.6 Å². The number of nitrogens with two attached hydrogens (primary N) is 4. The summed E-state index contributed by atoms with van der Waals surface area (Å²) in [6, 6.07) is -4.58. The first-order chi connectivity index (χ1) is 14.8. The van der Waals surface area contributed by atoms with Crippen LogP contribution in [0.4, 0.5) is 0 Å². The molecular weight excluding hydrogens is 424 g/mol. The number of primary amides is 1. The maximum absolute atomic E-state index is 12.6. The summed E-state index contributed by atoms with van der Waals surface area (Å²) in [6.07, 6.45) is 0.135. The third-order valence-corrected chi connectivity index (χ3v) is 4.32. The topological polar surface area (TPSA) is 258 Å². The molecule has 0 bridgehead atoms. The molecule has 0 heterocycles. The smallest absolute Gasteiger partial charge is 0.326 e. The van der Waals surface area contributed by atoms with Crippen molar-refractivity contribution in [2.75, 3.05) is 6.54 Å². The fourth-order valence-electron chi connectivity index (χ4n) is 2.51. The number of aliphatic carboxylic acids is 1. The van der Waals surface area contributed by atoms with Crippen molar-refractivity contribution in [2.24, 2.45) is 33.8 Å². The van der Waals surface area contributed by atoms with E-state index >= 15 is 0 Å². The Morgan fingerprint density at radius 2 is 1.50 bits per heavy atom. The first-order valence-corrected chi connectivity index (χ1v) is 9.99. The molecule has 0 aliphatic rings. The third kappa shape index (κ3) is 11.1. The van der Waals surface area contributed by atoms with Crippen molar-refractivity contribution in [2.45, 2.75) is 64.2 Å². The molecule has 0 rings (SSSR count). The highest BCUT2D eigenvalue weighted by atomic mass is 16.4. The van der Waals surface area contributed by atoms with Gasteiger partial charge in [-0.05, 0) is 25.7 Å². The van der Waals surface area contributed by atoms with Crippen molar-refractivity contribution in [3.05, 3.63) is 0 Å². The van der Waals surface area contributed by atoms with Gasteiger partial charge < -0.3 is 44.0 Å². The minimum absolute atomic E-state index is 0.0676. The predicted molar refractivity (Wildman–Crippen MR) is 116 cm³/mol. The Morgan fingerprint density at radius 1 is 0.906 bits per heavy atom. The molecule has 0 aromatic heterocycles. The number of guanidine groups is 1. The number of carbonyl (C=O) groups excluding carboxylic acids is 4. The zero-order valence-electron chi connectivity index (χ0n) is 18.5. The van der Waals surface area contributed by atoms with Crippen molar-refractivity contribution in [3.8, 4) is 0 Å². The molecular formula is C18H34N8O6. The van der Waals surface area contributed by atoms with Gasteiger partial charge in [0.15, 0.2) is 5.96 Å². The van der Waals surface area contributed by atoms with E-state index in [1.54, 1.807) is 13.8 Å². The van der Waals surface area contributed by atoms with E-state index in [2.05, 4.69) is 20.9 Å². The third-order valence-electron chi connectivity index (χ3n) is 4.32. The van der Waals surface area contributed by atoms with Gasteiger partial charge in [0.25, 0.3) is 0 Å². The van der Waals surface area contributed by atoms with Gasteiger partial charge in [-0.2, -0.15) is 0 Å². The molecule has 12 N–H and O–H groups in total. The number of carboxylic acid groups (broad SMARTS) is 1. The maximum Gasteiger partial charge on any atom is 0.326 e. The normalized spacial score (nSPS) is 14.4. The lowest BCUT2D eigenvalue weighted by Gasteiger charge is -2.25. The number of carbonyl (C=O) groups is 5. The zero-order valence-corrected chi connectivity index (χ0v) is 18.5. The molecule has 0 fully saturated rings. The second-order valence-corrected chi connectivity index (χ2v) is 7.59. The lowest BCUT2D eigenvalue weighted by atomic mass is 10.0. The molecule has 14 nitrogen and oxygen atoms in total. The quantitative estimate of drug-likeness (QED) is 0.0726. The van der Waals surface area contributed by atoms with Crippen LogP contribution in [0.5, 0.6) is 0 Å². The summed E-state index contributed by atoms with van der Waals surface area (Å²) in [5.41, 5.74) is 21.3. The monoisotopic (exact) mass is 458 g/mol. The number of carboxylic acids is 1. The fraction of sp³-hybridized carbons (Fsp3) is 0.667. The standard InChI is InChI=1S/C18H34N8O6/c1-8(2)13(26-15(29)10(19)5-4-6-23-18(21)22)16(30)24-9(3)14(28)25-11(17(31)32)7-12(20)27/h8-11,13H,4-7,19H2,1-3H3,(H2,20,27)(H,24,30)(H,25,28)(H,26,29)(H,31,32)(H4,21,22,23). The fourth-order valence-corrected chi connectivity index (χ4v) is 2.51. The van der Waals surface area contributed by atoms with E-state index in [1.807, 2.05) is 0 Å². The summed E-state index contributed by atoms with van der Waals surface area (Å²) in [6.45, 7) is 5.00. The van der Waals surface area contributed by atoms with Crippen molar-refractivity contribution in [1.29, 1.82) is 0 Å². The Balaban J connectivity index is 4.92. The first-order valence-electron chi connectivity index (χ1n) is 9.99. The summed E-state index contributed by atoms with van der Waals surface area (Å²) < 4.78 is 0. The Hall–Kier alpha value is -3.42. The van der Waals surface area contributed by atoms with E-state index in [0.717, 1.165) is 0 Å². The van der Waals surface area contributed by atoms with Gasteiger partial charge >= 0.3 is 5.97 Å². The molecule has 0 aromatic carbocycles. The molecule has 0 aromatic rings. The van der Waals surface area contributed by atoms with Gasteiger partial charge in [0.1, 0.15) is 18.1 Å². The highest BCUT2D eigenvalue weighted by Gasteiger charge is 2.30. The number of aliphatic imine (C=N–C) groups is 1. The molecule has 0 aliphatic carbocycles. The molecule has 0 aliphatic heterocycles. The Bertz CT molecular complexity index is 722. The largest absolute Gasteiger partial charge is 0.480 e. The van der Waals surface area contributed by atoms with E-state index in [4.69, 9.17) is 28.0 Å². The van der Waals surface area contributed by atoms with Gasteiger partial charge in [-0.3, -0.25) is 24.2 Å². The van der Waals surface area contributed by atoms with E-state index in [0.29, 0.717) is 13.0 Å². The van der Waals surface area contributed by atoms with Crippen LogP contribution < -0.4 is 38.9 Å². The first kappa shape index (κ1) is 28.6. The Morgan fingerprint density at radius 3 is 1.97 bits per heavy atom. The maximum atomic E-state index is 12.6. The molecule has 32 heavy (non-hydrogen) atoms. The number of amides is 4. The van der Waals surface area contributed by atoms with Gasteiger partial charge in [-0.1, -0.05) is 13.8 Å². The number of rotatable bonds is 14. The number of nitrogens with zero attached hydrogens (tertiary/aromatic N) is 1.